The molecule has 2 aromatic carbocycles. The molecular formula is C27H30F3N3O5. The number of amides is 1. The maximum Gasteiger partial charge on any atom is 0.427 e. The van der Waals surface area contributed by atoms with Gasteiger partial charge >= 0.3 is 12.3 Å². The van der Waals surface area contributed by atoms with E-state index in [1.54, 1.807) is 24.3 Å². The summed E-state index contributed by atoms with van der Waals surface area (Å²) in [6.07, 6.45) is -4.51. The summed E-state index contributed by atoms with van der Waals surface area (Å²) in [6.45, 7) is 0.162. The minimum Gasteiger partial charge on any atom is -0.497 e. The number of ether oxygens (including phenoxy) is 4. The zero-order valence-corrected chi connectivity index (χ0v) is 21.0. The molecule has 2 aliphatic rings. The first-order valence-corrected chi connectivity index (χ1v) is 12.6. The van der Waals surface area contributed by atoms with Crippen molar-refractivity contribution < 1.29 is 36.9 Å². The van der Waals surface area contributed by atoms with Crippen molar-refractivity contribution in [3.8, 4) is 5.75 Å². The number of benzene rings is 2. The van der Waals surface area contributed by atoms with E-state index < -0.39 is 30.6 Å². The lowest BCUT2D eigenvalue weighted by atomic mass is 9.87. The Morgan fingerprint density at radius 1 is 1.16 bits per heavy atom. The third-order valence-corrected chi connectivity index (χ3v) is 7.28. The highest BCUT2D eigenvalue weighted by Gasteiger charge is 2.47. The van der Waals surface area contributed by atoms with Gasteiger partial charge in [-0.1, -0.05) is 30.3 Å². The molecule has 1 spiro atoms. The van der Waals surface area contributed by atoms with Crippen LogP contribution < -0.4 is 4.74 Å². The smallest absolute Gasteiger partial charge is 0.427 e. The molecule has 8 nitrogen and oxygen atoms in total. The maximum absolute atomic E-state index is 13.6. The number of fused-ring (bicyclic) bond motifs is 1. The van der Waals surface area contributed by atoms with Crippen LogP contribution in [0, 0.1) is 0 Å². The Hall–Kier alpha value is -3.31. The van der Waals surface area contributed by atoms with E-state index in [0.29, 0.717) is 30.8 Å². The molecule has 1 aromatic heterocycles. The van der Waals surface area contributed by atoms with E-state index >= 15 is 0 Å². The van der Waals surface area contributed by atoms with Gasteiger partial charge in [0, 0.05) is 24.9 Å². The second-order valence-electron chi connectivity index (χ2n) is 9.76. The van der Waals surface area contributed by atoms with Gasteiger partial charge < -0.3 is 23.8 Å². The number of likely N-dealkylation sites (tertiary alicyclic amines) is 1. The highest BCUT2D eigenvalue weighted by molar-refractivity contribution is 5.78. The fourth-order valence-electron chi connectivity index (χ4n) is 5.10. The number of hydrogen-bond acceptors (Lipinski definition) is 6. The summed E-state index contributed by atoms with van der Waals surface area (Å²) in [6, 6.07) is 14.8. The monoisotopic (exact) mass is 533 g/mol. The number of alkyl halides is 3. The molecule has 204 valence electrons. The zero-order valence-electron chi connectivity index (χ0n) is 21.0. The average molecular weight is 534 g/mol. The number of para-hydroxylation sites is 1. The quantitative estimate of drug-likeness (QED) is 0.420. The first-order valence-electron chi connectivity index (χ1n) is 12.6. The van der Waals surface area contributed by atoms with E-state index in [-0.39, 0.29) is 25.7 Å². The van der Waals surface area contributed by atoms with Gasteiger partial charge in [-0.3, -0.25) is 4.68 Å². The van der Waals surface area contributed by atoms with Crippen LogP contribution in [0.1, 0.15) is 30.9 Å². The summed E-state index contributed by atoms with van der Waals surface area (Å²) in [7, 11) is 1.52. The molecule has 2 saturated heterocycles. The molecule has 0 aliphatic carbocycles. The molecule has 11 heteroatoms. The Balaban J connectivity index is 1.13. The molecule has 2 fully saturated rings. The highest BCUT2D eigenvalue weighted by atomic mass is 19.4. The summed E-state index contributed by atoms with van der Waals surface area (Å²) >= 11 is 0. The SMILES string of the molecule is COc1ccc(COC[C@@H](OC(=O)N2CCC3(CC2)CC(n2ncc4ccccc42)CO3)C(F)(F)F)cc1. The summed E-state index contributed by atoms with van der Waals surface area (Å²) < 4.78 is 64.1. The zero-order chi connectivity index (χ0) is 26.8. The number of hydrogen-bond donors (Lipinski definition) is 0. The van der Waals surface area contributed by atoms with Crippen LogP contribution in [0.25, 0.3) is 10.9 Å². The second kappa shape index (κ2) is 10.8. The summed E-state index contributed by atoms with van der Waals surface area (Å²) in [5.41, 5.74) is 1.28. The predicted molar refractivity (Wildman–Crippen MR) is 132 cm³/mol. The van der Waals surface area contributed by atoms with Crippen LogP contribution in [0.4, 0.5) is 18.0 Å². The van der Waals surface area contributed by atoms with E-state index in [9.17, 15) is 18.0 Å². The fraction of sp³-hybridized carbons (Fsp3) is 0.481. The van der Waals surface area contributed by atoms with Crippen LogP contribution in [0.2, 0.25) is 0 Å². The molecule has 3 aromatic rings. The van der Waals surface area contributed by atoms with Crippen molar-refractivity contribution in [1.82, 2.24) is 14.7 Å². The number of methoxy groups -OCH3 is 1. The molecule has 0 bridgehead atoms. The van der Waals surface area contributed by atoms with Crippen molar-refractivity contribution >= 4 is 17.0 Å². The van der Waals surface area contributed by atoms with Crippen LogP contribution in [0.15, 0.2) is 54.7 Å². The number of aromatic nitrogens is 2. The molecule has 2 atom stereocenters. The summed E-state index contributed by atoms with van der Waals surface area (Å²) in [5.74, 6) is 0.632. The predicted octanol–water partition coefficient (Wildman–Crippen LogP) is 5.13. The molecule has 38 heavy (non-hydrogen) atoms. The minimum atomic E-state index is -4.75. The van der Waals surface area contributed by atoms with Crippen molar-refractivity contribution in [2.75, 3.05) is 33.4 Å². The third kappa shape index (κ3) is 5.73. The number of rotatable bonds is 7. The van der Waals surface area contributed by atoms with Crippen molar-refractivity contribution in [2.24, 2.45) is 0 Å². The molecule has 2 aliphatic heterocycles. The largest absolute Gasteiger partial charge is 0.497 e. The van der Waals surface area contributed by atoms with Crippen LogP contribution in [0.3, 0.4) is 0 Å². The van der Waals surface area contributed by atoms with Crippen LogP contribution in [-0.2, 0) is 20.8 Å². The number of halogens is 3. The molecule has 1 amide bonds. The highest BCUT2D eigenvalue weighted by Crippen LogP contribution is 2.41. The first kappa shape index (κ1) is 26.3. The summed E-state index contributed by atoms with van der Waals surface area (Å²) in [4.78, 5) is 14.0. The molecule has 3 heterocycles. The van der Waals surface area contributed by atoms with Gasteiger partial charge in [0.25, 0.3) is 0 Å². The minimum absolute atomic E-state index is 0.0512. The molecule has 0 saturated carbocycles. The van der Waals surface area contributed by atoms with Gasteiger partial charge in [-0.05, 0) is 36.6 Å². The third-order valence-electron chi connectivity index (χ3n) is 7.28. The van der Waals surface area contributed by atoms with Crippen molar-refractivity contribution in [2.45, 2.75) is 49.8 Å². The lowest BCUT2D eigenvalue weighted by molar-refractivity contribution is -0.220. The molecule has 0 radical (unpaired) electrons. The Bertz CT molecular complexity index is 1240. The van der Waals surface area contributed by atoms with Gasteiger partial charge in [0.1, 0.15) is 5.75 Å². The second-order valence-corrected chi connectivity index (χ2v) is 9.76. The van der Waals surface area contributed by atoms with E-state index in [1.807, 2.05) is 35.1 Å². The molecule has 5 rings (SSSR count). The van der Waals surface area contributed by atoms with Crippen molar-refractivity contribution in [3.05, 3.63) is 60.3 Å². The number of carbonyl (C=O) groups is 1. The maximum atomic E-state index is 13.6. The van der Waals surface area contributed by atoms with Crippen molar-refractivity contribution in [3.63, 3.8) is 0 Å². The molecule has 0 N–H and O–H groups in total. The van der Waals surface area contributed by atoms with Gasteiger partial charge in [0.05, 0.1) is 50.3 Å². The Labute approximate surface area is 218 Å². The standard InChI is InChI=1S/C27H30F3N3O5/c1-35-22-8-6-19(7-9-22)16-36-18-24(27(28,29)30)38-25(34)32-12-10-26(11-13-32)14-21(17-37-26)33-23-5-3-2-4-20(23)15-31-33/h2-9,15,21,24H,10-14,16-18H2,1H3/t21?,24-/m1/s1. The van der Waals surface area contributed by atoms with Crippen molar-refractivity contribution in [1.29, 1.82) is 0 Å². The topological polar surface area (TPSA) is 75.1 Å². The Kier molecular flexibility index (Phi) is 7.49. The lowest BCUT2D eigenvalue weighted by Gasteiger charge is -2.38. The number of carbonyl (C=O) groups excluding carboxylic acids is 1. The average Bonchev–Trinajstić information content (AvgIpc) is 3.52. The van der Waals surface area contributed by atoms with Gasteiger partial charge in [-0.2, -0.15) is 18.3 Å². The lowest BCUT2D eigenvalue weighted by Crippen LogP contribution is -2.49. The number of piperidine rings is 1. The first-order chi connectivity index (χ1) is 18.3. The van der Waals surface area contributed by atoms with E-state index in [0.717, 1.165) is 17.3 Å². The fourth-order valence-corrected chi connectivity index (χ4v) is 5.10. The number of nitrogens with zero attached hydrogens (tertiary/aromatic N) is 3. The molecule has 1 unspecified atom stereocenters. The van der Waals surface area contributed by atoms with E-state index in [1.165, 1.54) is 12.0 Å². The van der Waals surface area contributed by atoms with Crippen LogP contribution in [-0.4, -0.2) is 72.1 Å². The normalized spacial score (nSPS) is 20.1. The van der Waals surface area contributed by atoms with Gasteiger partial charge in [-0.15, -0.1) is 0 Å². The Morgan fingerprint density at radius 3 is 2.61 bits per heavy atom. The van der Waals surface area contributed by atoms with Gasteiger partial charge in [0.15, 0.2) is 0 Å². The van der Waals surface area contributed by atoms with E-state index in [4.69, 9.17) is 18.9 Å². The summed E-state index contributed by atoms with van der Waals surface area (Å²) in [5, 5.41) is 5.59. The van der Waals surface area contributed by atoms with E-state index in [2.05, 4.69) is 5.10 Å². The van der Waals surface area contributed by atoms with Crippen LogP contribution >= 0.6 is 0 Å². The Morgan fingerprint density at radius 2 is 1.89 bits per heavy atom. The van der Waals surface area contributed by atoms with Gasteiger partial charge in [0.2, 0.25) is 6.10 Å². The van der Waals surface area contributed by atoms with Crippen LogP contribution in [0.5, 0.6) is 5.75 Å². The van der Waals surface area contributed by atoms with Gasteiger partial charge in [-0.25, -0.2) is 4.79 Å². The molecular weight excluding hydrogens is 503 g/mol.